The van der Waals surface area contributed by atoms with E-state index in [4.69, 9.17) is 4.74 Å². The maximum absolute atomic E-state index is 12.1. The Labute approximate surface area is 164 Å². The number of carbonyl (C=O) groups excluding carboxylic acids is 1. The highest BCUT2D eigenvalue weighted by Gasteiger charge is 2.28. The molecule has 0 aromatic carbocycles. The van der Waals surface area contributed by atoms with E-state index in [1.807, 2.05) is 0 Å². The largest absolute Gasteiger partial charge is 0.379 e. The maximum atomic E-state index is 12.1. The molecule has 1 saturated carbocycles. The highest BCUT2D eigenvalue weighted by Crippen LogP contribution is 2.25. The molecule has 0 atom stereocenters. The smallest absolute Gasteiger partial charge is 0.220 e. The summed E-state index contributed by atoms with van der Waals surface area (Å²) in [7, 11) is 1.78. The number of hydrogen-bond donors (Lipinski definition) is 3. The lowest BCUT2D eigenvalue weighted by atomic mass is 9.87. The predicted octanol–water partition coefficient (Wildman–Crippen LogP) is 1.35. The molecular formula is C20H39N5O2. The maximum Gasteiger partial charge on any atom is 0.220 e. The van der Waals surface area contributed by atoms with Crippen LogP contribution in [0.1, 0.15) is 52.4 Å². The molecule has 0 aromatic rings. The predicted molar refractivity (Wildman–Crippen MR) is 110 cm³/mol. The van der Waals surface area contributed by atoms with Gasteiger partial charge in [0.25, 0.3) is 0 Å². The van der Waals surface area contributed by atoms with Gasteiger partial charge in [0.1, 0.15) is 0 Å². The average Bonchev–Trinajstić information content (AvgIpc) is 2.69. The summed E-state index contributed by atoms with van der Waals surface area (Å²) >= 11 is 0. The minimum atomic E-state index is 0.0373. The van der Waals surface area contributed by atoms with Gasteiger partial charge in [0.15, 0.2) is 5.96 Å². The standard InChI is InChI=1S/C20H39N5O2/c1-20(2,25-11-13-27-14-12-25)16-24-19(21-3)23-10-9-22-18(26)15-17-7-5-4-6-8-17/h17H,4-16H2,1-3H3,(H,22,26)(H2,21,23,24). The van der Waals surface area contributed by atoms with Crippen molar-refractivity contribution in [2.75, 3.05) is 53.0 Å². The van der Waals surface area contributed by atoms with Crippen molar-refractivity contribution >= 4 is 11.9 Å². The van der Waals surface area contributed by atoms with Crippen molar-refractivity contribution in [3.63, 3.8) is 0 Å². The second-order valence-corrected chi connectivity index (χ2v) is 8.32. The number of carbonyl (C=O) groups is 1. The summed E-state index contributed by atoms with van der Waals surface area (Å²) in [5.74, 6) is 1.54. The molecule has 7 nitrogen and oxygen atoms in total. The Morgan fingerprint density at radius 2 is 1.74 bits per heavy atom. The zero-order chi connectivity index (χ0) is 19.5. The molecular weight excluding hydrogens is 342 g/mol. The van der Waals surface area contributed by atoms with Crippen LogP contribution in [0, 0.1) is 5.92 Å². The molecule has 27 heavy (non-hydrogen) atoms. The van der Waals surface area contributed by atoms with Crippen LogP contribution in [0.5, 0.6) is 0 Å². The number of aliphatic imine (C=N–C) groups is 1. The summed E-state index contributed by atoms with van der Waals surface area (Å²) in [4.78, 5) is 18.8. The molecule has 0 unspecified atom stereocenters. The van der Waals surface area contributed by atoms with E-state index in [-0.39, 0.29) is 11.4 Å². The number of amides is 1. The number of guanidine groups is 1. The number of hydrogen-bond acceptors (Lipinski definition) is 4. The Balaban J connectivity index is 1.60. The van der Waals surface area contributed by atoms with Crippen molar-refractivity contribution in [1.82, 2.24) is 20.9 Å². The molecule has 1 amide bonds. The number of morpholine rings is 1. The normalized spacial score (nSPS) is 20.3. The molecule has 2 fully saturated rings. The lowest BCUT2D eigenvalue weighted by Crippen LogP contribution is -2.56. The topological polar surface area (TPSA) is 78.0 Å². The molecule has 7 heteroatoms. The first-order chi connectivity index (χ1) is 13.0. The van der Waals surface area contributed by atoms with Crippen molar-refractivity contribution in [2.24, 2.45) is 10.9 Å². The first kappa shape index (κ1) is 22.0. The van der Waals surface area contributed by atoms with E-state index in [1.165, 1.54) is 32.1 Å². The van der Waals surface area contributed by atoms with Gasteiger partial charge in [-0.05, 0) is 32.6 Å². The number of nitrogens with zero attached hydrogens (tertiary/aromatic N) is 2. The Morgan fingerprint density at radius 3 is 2.41 bits per heavy atom. The molecule has 1 saturated heterocycles. The Kier molecular flexibility index (Phi) is 9.34. The Bertz CT molecular complexity index is 469. The SMILES string of the molecule is CN=C(NCCNC(=O)CC1CCCCC1)NCC(C)(C)N1CCOCC1. The van der Waals surface area contributed by atoms with E-state index in [9.17, 15) is 4.79 Å². The third-order valence-electron chi connectivity index (χ3n) is 5.72. The molecule has 0 spiro atoms. The van der Waals surface area contributed by atoms with E-state index in [0.717, 1.165) is 38.8 Å². The van der Waals surface area contributed by atoms with E-state index >= 15 is 0 Å². The van der Waals surface area contributed by atoms with Gasteiger partial charge in [0, 0.05) is 51.7 Å². The Hall–Kier alpha value is -1.34. The summed E-state index contributed by atoms with van der Waals surface area (Å²) < 4.78 is 5.44. The number of rotatable bonds is 8. The van der Waals surface area contributed by atoms with Crippen molar-refractivity contribution in [3.05, 3.63) is 0 Å². The van der Waals surface area contributed by atoms with Crippen molar-refractivity contribution in [2.45, 2.75) is 57.9 Å². The van der Waals surface area contributed by atoms with Gasteiger partial charge in [0.2, 0.25) is 5.91 Å². The molecule has 156 valence electrons. The van der Waals surface area contributed by atoms with Gasteiger partial charge in [-0.1, -0.05) is 19.3 Å². The monoisotopic (exact) mass is 381 g/mol. The molecule has 1 heterocycles. The average molecular weight is 382 g/mol. The first-order valence-corrected chi connectivity index (χ1v) is 10.6. The van der Waals surface area contributed by atoms with Crippen LogP contribution in [-0.2, 0) is 9.53 Å². The fourth-order valence-corrected chi connectivity index (χ4v) is 3.91. The van der Waals surface area contributed by atoms with Crippen LogP contribution in [-0.4, -0.2) is 75.3 Å². The number of ether oxygens (including phenoxy) is 1. The molecule has 1 aliphatic heterocycles. The van der Waals surface area contributed by atoms with Crippen molar-refractivity contribution < 1.29 is 9.53 Å². The molecule has 1 aliphatic carbocycles. The van der Waals surface area contributed by atoms with Crippen molar-refractivity contribution in [3.8, 4) is 0 Å². The van der Waals surface area contributed by atoms with E-state index in [2.05, 4.69) is 39.7 Å². The van der Waals surface area contributed by atoms with Gasteiger partial charge in [-0.2, -0.15) is 0 Å². The van der Waals surface area contributed by atoms with Crippen LogP contribution in [0.4, 0.5) is 0 Å². The summed E-state index contributed by atoms with van der Waals surface area (Å²) in [6.45, 7) is 10.1. The molecule has 0 aromatic heterocycles. The minimum absolute atomic E-state index is 0.0373. The number of nitrogens with one attached hydrogen (secondary N) is 3. The van der Waals surface area contributed by atoms with Crippen LogP contribution in [0.2, 0.25) is 0 Å². The van der Waals surface area contributed by atoms with E-state index in [1.54, 1.807) is 7.05 Å². The fraction of sp³-hybridized carbons (Fsp3) is 0.900. The van der Waals surface area contributed by atoms with Crippen LogP contribution in [0.3, 0.4) is 0 Å². The summed E-state index contributed by atoms with van der Waals surface area (Å²) in [5.41, 5.74) is 0.0373. The van der Waals surface area contributed by atoms with Gasteiger partial charge in [-0.3, -0.25) is 14.7 Å². The van der Waals surface area contributed by atoms with Gasteiger partial charge in [0.05, 0.1) is 13.2 Å². The summed E-state index contributed by atoms with van der Waals surface area (Å²) in [5, 5.41) is 9.72. The van der Waals surface area contributed by atoms with Gasteiger partial charge >= 0.3 is 0 Å². The fourth-order valence-electron chi connectivity index (χ4n) is 3.91. The minimum Gasteiger partial charge on any atom is -0.379 e. The van der Waals surface area contributed by atoms with Crippen LogP contribution in [0.25, 0.3) is 0 Å². The van der Waals surface area contributed by atoms with Gasteiger partial charge in [-0.25, -0.2) is 0 Å². The van der Waals surface area contributed by atoms with Gasteiger partial charge in [-0.15, -0.1) is 0 Å². The van der Waals surface area contributed by atoms with Gasteiger partial charge < -0.3 is 20.7 Å². The van der Waals surface area contributed by atoms with E-state index in [0.29, 0.717) is 25.4 Å². The quantitative estimate of drug-likeness (QED) is 0.336. The second kappa shape index (κ2) is 11.5. The highest BCUT2D eigenvalue weighted by atomic mass is 16.5. The molecule has 2 aliphatic rings. The zero-order valence-corrected chi connectivity index (χ0v) is 17.5. The first-order valence-electron chi connectivity index (χ1n) is 10.6. The highest BCUT2D eigenvalue weighted by molar-refractivity contribution is 5.80. The molecule has 0 bridgehead atoms. The summed E-state index contributed by atoms with van der Waals surface area (Å²) in [6, 6.07) is 0. The zero-order valence-electron chi connectivity index (χ0n) is 17.5. The molecule has 0 radical (unpaired) electrons. The molecule has 2 rings (SSSR count). The van der Waals surface area contributed by atoms with Crippen LogP contribution >= 0.6 is 0 Å². The van der Waals surface area contributed by atoms with E-state index < -0.39 is 0 Å². The van der Waals surface area contributed by atoms with Crippen molar-refractivity contribution in [1.29, 1.82) is 0 Å². The third-order valence-corrected chi connectivity index (χ3v) is 5.72. The lowest BCUT2D eigenvalue weighted by Gasteiger charge is -2.41. The third kappa shape index (κ3) is 8.05. The van der Waals surface area contributed by atoms with Crippen LogP contribution < -0.4 is 16.0 Å². The van der Waals surface area contributed by atoms with Crippen LogP contribution in [0.15, 0.2) is 4.99 Å². The second-order valence-electron chi connectivity index (χ2n) is 8.32. The summed E-state index contributed by atoms with van der Waals surface area (Å²) in [6.07, 6.45) is 6.99. The molecule has 3 N–H and O–H groups in total. The Morgan fingerprint density at radius 1 is 1.07 bits per heavy atom. The lowest BCUT2D eigenvalue weighted by molar-refractivity contribution is -0.122.